The molecule has 0 unspecified atom stereocenters. The summed E-state index contributed by atoms with van der Waals surface area (Å²) in [4.78, 5) is 9.84. The molecule has 0 saturated heterocycles. The van der Waals surface area contributed by atoms with Crippen molar-refractivity contribution in [1.82, 2.24) is 0 Å². The number of hydrogen-bond donors (Lipinski definition) is 1. The van der Waals surface area contributed by atoms with Crippen molar-refractivity contribution in [2.24, 2.45) is 0 Å². The van der Waals surface area contributed by atoms with Gasteiger partial charge in [-0.1, -0.05) is 0 Å². The van der Waals surface area contributed by atoms with E-state index in [-0.39, 0.29) is 12.4 Å². The fourth-order valence-corrected chi connectivity index (χ4v) is 0.518. The normalized spacial score (nSPS) is 9.44. The smallest absolute Gasteiger partial charge is 0.271 e. The van der Waals surface area contributed by atoms with E-state index in [2.05, 4.69) is 0 Å². The Balaban J connectivity index is 2.86. The van der Waals surface area contributed by atoms with Gasteiger partial charge >= 0.3 is 0 Å². The molecule has 0 atom stereocenters. The summed E-state index contributed by atoms with van der Waals surface area (Å²) in [7, 11) is 0. The van der Waals surface area contributed by atoms with Crippen molar-refractivity contribution < 1.29 is 14.3 Å². The lowest BCUT2D eigenvalue weighted by Crippen LogP contribution is -1.75. The Bertz CT molecular complexity index is 202. The van der Waals surface area contributed by atoms with Gasteiger partial charge in [0, 0.05) is 0 Å². The number of aliphatic hydroxyl groups is 1. The first-order valence-corrected chi connectivity index (χ1v) is 2.44. The third kappa shape index (κ3) is 1.17. The number of hydrogen-bond acceptors (Lipinski definition) is 3. The van der Waals surface area contributed by atoms with E-state index in [1.165, 1.54) is 12.1 Å². The van der Waals surface area contributed by atoms with Gasteiger partial charge in [0.1, 0.15) is 12.4 Å². The third-order valence-corrected chi connectivity index (χ3v) is 0.918. The van der Waals surface area contributed by atoms with Gasteiger partial charge in [0.2, 0.25) is 0 Å². The van der Waals surface area contributed by atoms with Crippen LogP contribution in [-0.2, 0) is 11.4 Å². The van der Waals surface area contributed by atoms with Crippen LogP contribution in [0.15, 0.2) is 16.5 Å². The highest BCUT2D eigenvalue weighted by molar-refractivity contribution is 5.70. The maximum absolute atomic E-state index is 9.84. The highest BCUT2D eigenvalue weighted by Gasteiger charge is 1.97. The van der Waals surface area contributed by atoms with Gasteiger partial charge in [-0.3, -0.25) is 4.79 Å². The zero-order valence-electron chi connectivity index (χ0n) is 4.63. The Morgan fingerprint density at radius 1 is 1.67 bits per heavy atom. The Labute approximate surface area is 51.9 Å². The molecule has 0 saturated carbocycles. The number of aliphatic hydroxyl groups excluding tert-OH is 1. The molecule has 1 aromatic rings. The lowest BCUT2D eigenvalue weighted by Gasteiger charge is -1.81. The van der Waals surface area contributed by atoms with E-state index in [0.717, 1.165) is 0 Å². The Hall–Kier alpha value is -1.09. The minimum Gasteiger partial charge on any atom is -0.455 e. The van der Waals surface area contributed by atoms with Crippen molar-refractivity contribution in [2.75, 3.05) is 0 Å². The second-order valence-corrected chi connectivity index (χ2v) is 1.53. The summed E-state index contributed by atoms with van der Waals surface area (Å²) in [5, 5.41) is 8.42. The molecule has 9 heavy (non-hydrogen) atoms. The van der Waals surface area contributed by atoms with Gasteiger partial charge in [0.25, 0.3) is 6.29 Å². The van der Waals surface area contributed by atoms with E-state index in [1.54, 1.807) is 6.29 Å². The number of furan rings is 1. The van der Waals surface area contributed by atoms with Crippen LogP contribution in [0.25, 0.3) is 0 Å². The molecular formula is C6H5O3. The van der Waals surface area contributed by atoms with Crippen LogP contribution >= 0.6 is 0 Å². The van der Waals surface area contributed by atoms with Crippen LogP contribution in [0.3, 0.4) is 0 Å². The first-order chi connectivity index (χ1) is 4.36. The molecule has 3 heteroatoms. The first-order valence-electron chi connectivity index (χ1n) is 2.44. The van der Waals surface area contributed by atoms with Crippen LogP contribution in [-0.4, -0.2) is 11.4 Å². The summed E-state index contributed by atoms with van der Waals surface area (Å²) >= 11 is 0. The van der Waals surface area contributed by atoms with Crippen LogP contribution in [0.5, 0.6) is 0 Å². The molecule has 1 rings (SSSR count). The standard InChI is InChI=1S/C6H5O3/c7-3-5-1-2-6(4-8)9-5/h1-2,7H,3H2. The van der Waals surface area contributed by atoms with E-state index in [1.807, 2.05) is 0 Å². The molecule has 1 heterocycles. The zero-order chi connectivity index (χ0) is 6.69. The van der Waals surface area contributed by atoms with E-state index in [9.17, 15) is 4.79 Å². The molecule has 1 radical (unpaired) electrons. The molecule has 0 amide bonds. The lowest BCUT2D eigenvalue weighted by atomic mass is 10.4. The van der Waals surface area contributed by atoms with Gasteiger partial charge in [0.15, 0.2) is 5.76 Å². The summed E-state index contributed by atoms with van der Waals surface area (Å²) in [5.41, 5.74) is 0. The van der Waals surface area contributed by atoms with Gasteiger partial charge in [0.05, 0.1) is 0 Å². The number of rotatable bonds is 2. The quantitative estimate of drug-likeness (QED) is 0.615. The lowest BCUT2D eigenvalue weighted by molar-refractivity contribution is 0.246. The zero-order valence-corrected chi connectivity index (χ0v) is 4.63. The largest absolute Gasteiger partial charge is 0.455 e. The molecule has 0 aliphatic rings. The molecule has 1 aromatic heterocycles. The third-order valence-electron chi connectivity index (χ3n) is 0.918. The molecule has 47 valence electrons. The SMILES string of the molecule is O=[C]c1ccc(CO)o1. The van der Waals surface area contributed by atoms with Gasteiger partial charge in [-0.2, -0.15) is 0 Å². The molecule has 0 aliphatic heterocycles. The molecule has 0 fully saturated rings. The predicted octanol–water partition coefficient (Wildman–Crippen LogP) is 0.230. The van der Waals surface area contributed by atoms with E-state index in [0.29, 0.717) is 5.76 Å². The van der Waals surface area contributed by atoms with Crippen LogP contribution in [0.4, 0.5) is 0 Å². The summed E-state index contributed by atoms with van der Waals surface area (Å²) in [6, 6.07) is 2.98. The highest BCUT2D eigenvalue weighted by atomic mass is 16.4. The van der Waals surface area contributed by atoms with E-state index >= 15 is 0 Å². The molecule has 1 N–H and O–H groups in total. The summed E-state index contributed by atoms with van der Waals surface area (Å²) < 4.78 is 4.71. The van der Waals surface area contributed by atoms with Crippen LogP contribution in [0, 0.1) is 0 Å². The summed E-state index contributed by atoms with van der Waals surface area (Å²) in [6.45, 7) is -0.179. The first kappa shape index (κ1) is 6.04. The minimum atomic E-state index is -0.179. The summed E-state index contributed by atoms with van der Waals surface area (Å²) in [5.74, 6) is 0.507. The maximum atomic E-state index is 9.84. The van der Waals surface area contributed by atoms with Crippen molar-refractivity contribution in [3.05, 3.63) is 23.7 Å². The second-order valence-electron chi connectivity index (χ2n) is 1.53. The van der Waals surface area contributed by atoms with Crippen LogP contribution in [0.2, 0.25) is 0 Å². The van der Waals surface area contributed by atoms with E-state index in [4.69, 9.17) is 9.52 Å². The van der Waals surface area contributed by atoms with E-state index < -0.39 is 0 Å². The van der Waals surface area contributed by atoms with Crippen LogP contribution in [0.1, 0.15) is 11.5 Å². The monoisotopic (exact) mass is 125 g/mol. The Kier molecular flexibility index (Phi) is 1.65. The average molecular weight is 125 g/mol. The molecule has 3 nitrogen and oxygen atoms in total. The predicted molar refractivity (Wildman–Crippen MR) is 29.4 cm³/mol. The number of carbonyl (C=O) groups excluding carboxylic acids is 1. The maximum Gasteiger partial charge on any atom is 0.271 e. The molecular weight excluding hydrogens is 120 g/mol. The molecule has 0 aromatic carbocycles. The van der Waals surface area contributed by atoms with Crippen molar-refractivity contribution in [3.8, 4) is 0 Å². The molecule has 0 spiro atoms. The summed E-state index contributed by atoms with van der Waals surface area (Å²) in [6.07, 6.45) is 1.55. The topological polar surface area (TPSA) is 50.4 Å². The van der Waals surface area contributed by atoms with Crippen molar-refractivity contribution >= 4 is 6.29 Å². The van der Waals surface area contributed by atoms with Crippen molar-refractivity contribution in [3.63, 3.8) is 0 Å². The molecule has 0 bridgehead atoms. The fraction of sp³-hybridized carbons (Fsp3) is 0.167. The Morgan fingerprint density at radius 2 is 2.44 bits per heavy atom. The van der Waals surface area contributed by atoms with Crippen LogP contribution < -0.4 is 0 Å². The highest BCUT2D eigenvalue weighted by Crippen LogP contribution is 2.03. The van der Waals surface area contributed by atoms with Gasteiger partial charge in [-0.25, -0.2) is 0 Å². The second kappa shape index (κ2) is 2.46. The minimum absolute atomic E-state index is 0.124. The van der Waals surface area contributed by atoms with Crippen molar-refractivity contribution in [1.29, 1.82) is 0 Å². The fourth-order valence-electron chi connectivity index (χ4n) is 0.518. The van der Waals surface area contributed by atoms with Gasteiger partial charge in [-0.15, -0.1) is 0 Å². The van der Waals surface area contributed by atoms with Gasteiger partial charge in [-0.05, 0) is 12.1 Å². The molecule has 0 aliphatic carbocycles. The van der Waals surface area contributed by atoms with Gasteiger partial charge < -0.3 is 9.52 Å². The Morgan fingerprint density at radius 3 is 2.78 bits per heavy atom. The average Bonchev–Trinajstić information content (AvgIpc) is 2.34. The van der Waals surface area contributed by atoms with Crippen molar-refractivity contribution in [2.45, 2.75) is 6.61 Å².